The Kier molecular flexibility index (Phi) is 3.09. The first-order valence-electron chi connectivity index (χ1n) is 5.97. The second kappa shape index (κ2) is 4.40. The summed E-state index contributed by atoms with van der Waals surface area (Å²) in [6.45, 7) is 4.82. The highest BCUT2D eigenvalue weighted by Crippen LogP contribution is 2.46. The Hall–Kier alpha value is -1.51. The van der Waals surface area contributed by atoms with Crippen molar-refractivity contribution in [2.75, 3.05) is 19.0 Å². The molecule has 3 heteroatoms. The van der Waals surface area contributed by atoms with Crippen molar-refractivity contribution in [3.63, 3.8) is 0 Å². The molecule has 0 bridgehead atoms. The number of hydrogen-bond donors (Lipinski definition) is 1. The number of anilines is 1. The zero-order chi connectivity index (χ0) is 12.5. The molecule has 1 aromatic carbocycles. The summed E-state index contributed by atoms with van der Waals surface area (Å²) in [4.78, 5) is 11.6. The number of aryl methyl sites for hydroxylation is 2. The highest BCUT2D eigenvalue weighted by molar-refractivity contribution is 5.80. The van der Waals surface area contributed by atoms with Gasteiger partial charge in [0.1, 0.15) is 0 Å². The van der Waals surface area contributed by atoms with E-state index in [1.54, 1.807) is 0 Å². The molecule has 0 amide bonds. The molecule has 0 radical (unpaired) electrons. The summed E-state index contributed by atoms with van der Waals surface area (Å²) in [5, 5.41) is 3.36. The van der Waals surface area contributed by atoms with Crippen LogP contribution in [0, 0.1) is 19.3 Å². The molecule has 1 saturated carbocycles. The minimum Gasteiger partial charge on any atom is -0.469 e. The van der Waals surface area contributed by atoms with Gasteiger partial charge in [-0.2, -0.15) is 0 Å². The van der Waals surface area contributed by atoms with Crippen LogP contribution in [-0.2, 0) is 9.53 Å². The van der Waals surface area contributed by atoms with E-state index in [2.05, 4.69) is 37.4 Å². The van der Waals surface area contributed by atoms with Gasteiger partial charge in [0, 0.05) is 12.2 Å². The number of esters is 1. The Balaban J connectivity index is 2.01. The van der Waals surface area contributed by atoms with E-state index in [9.17, 15) is 4.79 Å². The van der Waals surface area contributed by atoms with Crippen molar-refractivity contribution in [3.05, 3.63) is 29.3 Å². The third-order valence-corrected chi connectivity index (χ3v) is 3.47. The van der Waals surface area contributed by atoms with Crippen molar-refractivity contribution in [1.82, 2.24) is 0 Å². The van der Waals surface area contributed by atoms with E-state index < -0.39 is 0 Å². The summed E-state index contributed by atoms with van der Waals surface area (Å²) >= 11 is 0. The minimum atomic E-state index is -0.272. The molecule has 0 aromatic heterocycles. The lowest BCUT2D eigenvalue weighted by molar-refractivity contribution is -0.146. The van der Waals surface area contributed by atoms with Crippen molar-refractivity contribution >= 4 is 11.7 Å². The largest absolute Gasteiger partial charge is 0.469 e. The van der Waals surface area contributed by atoms with Crippen LogP contribution in [0.2, 0.25) is 0 Å². The Bertz CT molecular complexity index is 436. The number of rotatable bonds is 4. The van der Waals surface area contributed by atoms with Crippen LogP contribution in [0.15, 0.2) is 18.2 Å². The van der Waals surface area contributed by atoms with Gasteiger partial charge in [-0.05, 0) is 38.3 Å². The molecule has 0 spiro atoms. The first kappa shape index (κ1) is 12.0. The third kappa shape index (κ3) is 2.43. The molecular formula is C14H19NO2. The average molecular weight is 233 g/mol. The molecule has 0 heterocycles. The first-order chi connectivity index (χ1) is 8.07. The average Bonchev–Trinajstić information content (AvgIpc) is 3.08. The van der Waals surface area contributed by atoms with Gasteiger partial charge in [-0.25, -0.2) is 0 Å². The smallest absolute Gasteiger partial charge is 0.313 e. The van der Waals surface area contributed by atoms with Crippen LogP contribution in [0.5, 0.6) is 0 Å². The van der Waals surface area contributed by atoms with Crippen LogP contribution < -0.4 is 5.32 Å². The molecule has 0 unspecified atom stereocenters. The standard InChI is InChI=1S/C14H19NO2/c1-10-4-5-12(11(2)8-10)15-9-14(6-7-14)13(16)17-3/h4-5,8,15H,6-7,9H2,1-3H3. The molecule has 1 fully saturated rings. The van der Waals surface area contributed by atoms with Crippen LogP contribution in [0.3, 0.4) is 0 Å². The Morgan fingerprint density at radius 1 is 1.41 bits per heavy atom. The van der Waals surface area contributed by atoms with Crippen LogP contribution in [0.4, 0.5) is 5.69 Å². The molecule has 3 nitrogen and oxygen atoms in total. The maximum Gasteiger partial charge on any atom is 0.313 e. The molecule has 17 heavy (non-hydrogen) atoms. The number of carbonyl (C=O) groups is 1. The summed E-state index contributed by atoms with van der Waals surface area (Å²) in [6.07, 6.45) is 1.86. The Morgan fingerprint density at radius 3 is 2.65 bits per heavy atom. The van der Waals surface area contributed by atoms with Crippen LogP contribution in [0.25, 0.3) is 0 Å². The number of carbonyl (C=O) groups excluding carboxylic acids is 1. The molecule has 92 valence electrons. The second-order valence-electron chi connectivity index (χ2n) is 4.94. The fourth-order valence-electron chi connectivity index (χ4n) is 2.10. The monoisotopic (exact) mass is 233 g/mol. The quantitative estimate of drug-likeness (QED) is 0.812. The van der Waals surface area contributed by atoms with Gasteiger partial charge < -0.3 is 10.1 Å². The van der Waals surface area contributed by atoms with E-state index in [0.717, 1.165) is 18.5 Å². The second-order valence-corrected chi connectivity index (χ2v) is 4.94. The molecule has 1 aliphatic carbocycles. The van der Waals surface area contributed by atoms with Gasteiger partial charge in [-0.3, -0.25) is 4.79 Å². The van der Waals surface area contributed by atoms with Gasteiger partial charge in [0.15, 0.2) is 0 Å². The van der Waals surface area contributed by atoms with Gasteiger partial charge in [-0.15, -0.1) is 0 Å². The van der Waals surface area contributed by atoms with E-state index in [-0.39, 0.29) is 11.4 Å². The highest BCUT2D eigenvalue weighted by Gasteiger charge is 2.50. The maximum absolute atomic E-state index is 11.6. The first-order valence-corrected chi connectivity index (χ1v) is 5.97. The normalized spacial score (nSPS) is 16.4. The molecule has 1 N–H and O–H groups in total. The lowest BCUT2D eigenvalue weighted by Crippen LogP contribution is -2.26. The molecular weight excluding hydrogens is 214 g/mol. The summed E-state index contributed by atoms with van der Waals surface area (Å²) in [7, 11) is 1.46. The van der Waals surface area contributed by atoms with Crippen molar-refractivity contribution in [1.29, 1.82) is 0 Å². The van der Waals surface area contributed by atoms with Crippen molar-refractivity contribution in [2.45, 2.75) is 26.7 Å². The molecule has 2 rings (SSSR count). The number of nitrogens with one attached hydrogen (secondary N) is 1. The van der Waals surface area contributed by atoms with Crippen LogP contribution in [0.1, 0.15) is 24.0 Å². The van der Waals surface area contributed by atoms with E-state index in [1.165, 1.54) is 18.2 Å². The summed E-state index contributed by atoms with van der Waals surface area (Å²) in [5.74, 6) is -0.0882. The Labute approximate surface area is 102 Å². The lowest BCUT2D eigenvalue weighted by Gasteiger charge is -2.16. The maximum atomic E-state index is 11.6. The molecule has 0 saturated heterocycles. The minimum absolute atomic E-state index is 0.0882. The van der Waals surface area contributed by atoms with Crippen molar-refractivity contribution < 1.29 is 9.53 Å². The molecule has 0 atom stereocenters. The fourth-order valence-corrected chi connectivity index (χ4v) is 2.10. The number of benzene rings is 1. The van der Waals surface area contributed by atoms with E-state index in [0.29, 0.717) is 6.54 Å². The summed E-state index contributed by atoms with van der Waals surface area (Å²) < 4.78 is 4.84. The van der Waals surface area contributed by atoms with Gasteiger partial charge in [0.05, 0.1) is 12.5 Å². The number of methoxy groups -OCH3 is 1. The number of ether oxygens (including phenoxy) is 1. The summed E-state index contributed by atoms with van der Waals surface area (Å²) in [6, 6.07) is 6.28. The van der Waals surface area contributed by atoms with E-state index in [4.69, 9.17) is 4.74 Å². The van der Waals surface area contributed by atoms with Gasteiger partial charge in [0.25, 0.3) is 0 Å². The van der Waals surface area contributed by atoms with Gasteiger partial charge >= 0.3 is 5.97 Å². The molecule has 0 aliphatic heterocycles. The van der Waals surface area contributed by atoms with E-state index >= 15 is 0 Å². The van der Waals surface area contributed by atoms with Crippen molar-refractivity contribution in [2.24, 2.45) is 5.41 Å². The van der Waals surface area contributed by atoms with Crippen LogP contribution in [-0.4, -0.2) is 19.6 Å². The molecule has 1 aliphatic rings. The van der Waals surface area contributed by atoms with Gasteiger partial charge in [-0.1, -0.05) is 17.7 Å². The zero-order valence-electron chi connectivity index (χ0n) is 10.7. The number of hydrogen-bond acceptors (Lipinski definition) is 3. The van der Waals surface area contributed by atoms with Gasteiger partial charge in [0.2, 0.25) is 0 Å². The molecule has 1 aromatic rings. The lowest BCUT2D eigenvalue weighted by atomic mass is 10.1. The highest BCUT2D eigenvalue weighted by atomic mass is 16.5. The predicted octanol–water partition coefficient (Wildman–Crippen LogP) is 2.67. The zero-order valence-corrected chi connectivity index (χ0v) is 10.7. The predicted molar refractivity (Wildman–Crippen MR) is 68.1 cm³/mol. The topological polar surface area (TPSA) is 38.3 Å². The van der Waals surface area contributed by atoms with E-state index in [1.807, 2.05) is 0 Å². The third-order valence-electron chi connectivity index (χ3n) is 3.47. The Morgan fingerprint density at radius 2 is 2.12 bits per heavy atom. The fraction of sp³-hybridized carbons (Fsp3) is 0.500. The van der Waals surface area contributed by atoms with Crippen molar-refractivity contribution in [3.8, 4) is 0 Å². The van der Waals surface area contributed by atoms with Crippen LogP contribution >= 0.6 is 0 Å². The summed E-state index contributed by atoms with van der Waals surface area (Å²) in [5.41, 5.74) is 3.30. The SMILES string of the molecule is COC(=O)C1(CNc2ccc(C)cc2C)CC1.